The maximum absolute atomic E-state index is 11.5. The van der Waals surface area contributed by atoms with E-state index in [1.165, 1.54) is 23.3 Å². The van der Waals surface area contributed by atoms with E-state index in [1.807, 2.05) is 0 Å². The highest BCUT2D eigenvalue weighted by atomic mass is 35.5. The van der Waals surface area contributed by atoms with E-state index in [4.69, 9.17) is 16.3 Å². The molecule has 0 saturated carbocycles. The van der Waals surface area contributed by atoms with E-state index in [0.29, 0.717) is 23.6 Å². The average molecular weight is 350 g/mol. The van der Waals surface area contributed by atoms with Gasteiger partial charge in [-0.25, -0.2) is 0 Å². The summed E-state index contributed by atoms with van der Waals surface area (Å²) in [6, 6.07) is 2.70. The lowest BCUT2D eigenvalue weighted by molar-refractivity contribution is -0.119. The zero-order chi connectivity index (χ0) is 17.3. The number of hydrogen-bond acceptors (Lipinski definition) is 4. The van der Waals surface area contributed by atoms with Crippen LogP contribution in [0.2, 0.25) is 5.02 Å². The van der Waals surface area contributed by atoms with E-state index in [-0.39, 0.29) is 17.5 Å². The minimum absolute atomic E-state index is 0.0950. The van der Waals surface area contributed by atoms with Crippen LogP contribution in [0.15, 0.2) is 35.1 Å². The number of aromatic hydroxyl groups is 2. The third kappa shape index (κ3) is 3.08. The van der Waals surface area contributed by atoms with Crippen LogP contribution in [0.3, 0.4) is 0 Å². The number of carbonyl (C=O) groups is 1. The third-order valence-corrected chi connectivity index (χ3v) is 5.17. The molecule has 1 amide bonds. The van der Waals surface area contributed by atoms with Gasteiger partial charge in [-0.15, -0.1) is 0 Å². The SMILES string of the molecule is COC1=CCC2=C(CCN(C=O)C2Cc2cc(O)c(O)cc2Cl)C1. The van der Waals surface area contributed by atoms with Gasteiger partial charge in [0.2, 0.25) is 6.41 Å². The molecule has 0 fully saturated rings. The van der Waals surface area contributed by atoms with E-state index in [0.717, 1.165) is 31.4 Å². The molecule has 0 aromatic heterocycles. The number of phenols is 2. The molecule has 0 bridgehead atoms. The number of rotatable bonds is 4. The molecule has 24 heavy (non-hydrogen) atoms. The Morgan fingerprint density at radius 1 is 1.38 bits per heavy atom. The fourth-order valence-corrected chi connectivity index (χ4v) is 3.72. The second-order valence-electron chi connectivity index (χ2n) is 6.13. The summed E-state index contributed by atoms with van der Waals surface area (Å²) in [5.41, 5.74) is 3.24. The Balaban J connectivity index is 1.92. The summed E-state index contributed by atoms with van der Waals surface area (Å²) in [6.45, 7) is 0.658. The molecule has 3 rings (SSSR count). The van der Waals surface area contributed by atoms with Gasteiger partial charge in [0.15, 0.2) is 11.5 Å². The minimum Gasteiger partial charge on any atom is -0.504 e. The van der Waals surface area contributed by atoms with Gasteiger partial charge >= 0.3 is 0 Å². The van der Waals surface area contributed by atoms with E-state index in [9.17, 15) is 15.0 Å². The van der Waals surface area contributed by atoms with Crippen molar-refractivity contribution in [2.24, 2.45) is 0 Å². The van der Waals surface area contributed by atoms with Crippen molar-refractivity contribution >= 4 is 18.0 Å². The highest BCUT2D eigenvalue weighted by molar-refractivity contribution is 6.31. The first-order chi connectivity index (χ1) is 11.5. The molecule has 1 unspecified atom stereocenters. The topological polar surface area (TPSA) is 70.0 Å². The van der Waals surface area contributed by atoms with Crippen LogP contribution in [0.4, 0.5) is 0 Å². The molecular formula is C18H20ClNO4. The number of benzene rings is 1. The highest BCUT2D eigenvalue weighted by Crippen LogP contribution is 2.38. The Hall–Kier alpha value is -2.14. The first-order valence-corrected chi connectivity index (χ1v) is 8.26. The van der Waals surface area contributed by atoms with Crippen LogP contribution in [0.1, 0.15) is 24.8 Å². The molecule has 0 spiro atoms. The second kappa shape index (κ2) is 6.77. The van der Waals surface area contributed by atoms with Crippen LogP contribution in [-0.2, 0) is 16.0 Å². The molecule has 2 aliphatic rings. The first kappa shape index (κ1) is 16.7. The molecular weight excluding hydrogens is 330 g/mol. The third-order valence-electron chi connectivity index (χ3n) is 4.82. The van der Waals surface area contributed by atoms with Crippen molar-refractivity contribution in [2.45, 2.75) is 31.7 Å². The number of ether oxygens (including phenoxy) is 1. The Morgan fingerprint density at radius 3 is 2.83 bits per heavy atom. The van der Waals surface area contributed by atoms with Gasteiger partial charge in [-0.2, -0.15) is 0 Å². The molecule has 1 aliphatic heterocycles. The zero-order valence-corrected chi connectivity index (χ0v) is 14.2. The van der Waals surface area contributed by atoms with E-state index >= 15 is 0 Å². The number of hydrogen-bond donors (Lipinski definition) is 2. The number of methoxy groups -OCH3 is 1. The Labute approximate surface area is 145 Å². The lowest BCUT2D eigenvalue weighted by Gasteiger charge is -2.38. The monoisotopic (exact) mass is 349 g/mol. The molecule has 1 aromatic rings. The molecule has 128 valence electrons. The second-order valence-corrected chi connectivity index (χ2v) is 6.54. The smallest absolute Gasteiger partial charge is 0.210 e. The molecule has 2 N–H and O–H groups in total. The van der Waals surface area contributed by atoms with Crippen molar-refractivity contribution in [3.8, 4) is 11.5 Å². The first-order valence-electron chi connectivity index (χ1n) is 7.88. The molecule has 0 saturated heterocycles. The molecule has 0 radical (unpaired) electrons. The molecule has 1 aliphatic carbocycles. The maximum atomic E-state index is 11.5. The predicted molar refractivity (Wildman–Crippen MR) is 91.0 cm³/mol. The van der Waals surface area contributed by atoms with Gasteiger partial charge in [0.05, 0.1) is 18.9 Å². The predicted octanol–water partition coefficient (Wildman–Crippen LogP) is 3.15. The van der Waals surface area contributed by atoms with Crippen LogP contribution < -0.4 is 0 Å². The normalized spacial score (nSPS) is 20.5. The maximum Gasteiger partial charge on any atom is 0.210 e. The van der Waals surface area contributed by atoms with Crippen molar-refractivity contribution in [2.75, 3.05) is 13.7 Å². The number of amides is 1. The summed E-state index contributed by atoms with van der Waals surface area (Å²) in [5, 5.41) is 19.7. The summed E-state index contributed by atoms with van der Waals surface area (Å²) >= 11 is 6.21. The fraction of sp³-hybridized carbons (Fsp3) is 0.389. The standard InChI is InChI=1S/C18H20ClNO4/c1-24-13-2-3-14-11(6-13)4-5-20(10-21)16(14)7-12-8-17(22)18(23)9-15(12)19/h2,8-10,16,22-23H,3-7H2,1H3. The van der Waals surface area contributed by atoms with Crippen LogP contribution in [-0.4, -0.2) is 41.2 Å². The quantitative estimate of drug-likeness (QED) is 0.497. The molecule has 5 nitrogen and oxygen atoms in total. The van der Waals surface area contributed by atoms with Crippen molar-refractivity contribution in [3.63, 3.8) is 0 Å². The van der Waals surface area contributed by atoms with Gasteiger partial charge in [0.25, 0.3) is 0 Å². The van der Waals surface area contributed by atoms with Crippen LogP contribution in [0, 0.1) is 0 Å². The number of allylic oxidation sites excluding steroid dienone is 2. The fourth-order valence-electron chi connectivity index (χ4n) is 3.49. The Kier molecular flexibility index (Phi) is 4.71. The summed E-state index contributed by atoms with van der Waals surface area (Å²) in [7, 11) is 1.68. The van der Waals surface area contributed by atoms with Gasteiger partial charge in [-0.1, -0.05) is 17.2 Å². The summed E-state index contributed by atoms with van der Waals surface area (Å²) in [6.07, 6.45) is 5.80. The largest absolute Gasteiger partial charge is 0.504 e. The molecule has 1 heterocycles. The molecule has 1 atom stereocenters. The lowest BCUT2D eigenvalue weighted by atomic mass is 9.82. The van der Waals surface area contributed by atoms with E-state index in [1.54, 1.807) is 12.0 Å². The van der Waals surface area contributed by atoms with Gasteiger partial charge in [0.1, 0.15) is 0 Å². The Morgan fingerprint density at radius 2 is 2.12 bits per heavy atom. The summed E-state index contributed by atoms with van der Waals surface area (Å²) < 4.78 is 5.36. The summed E-state index contributed by atoms with van der Waals surface area (Å²) in [4.78, 5) is 13.3. The number of halogens is 1. The molecule has 1 aromatic carbocycles. The number of phenolic OH excluding ortho intramolecular Hbond substituents is 2. The van der Waals surface area contributed by atoms with Crippen molar-refractivity contribution in [3.05, 3.63) is 45.7 Å². The van der Waals surface area contributed by atoms with Gasteiger partial charge in [0, 0.05) is 24.1 Å². The number of carbonyl (C=O) groups excluding carboxylic acids is 1. The molecule has 6 heteroatoms. The van der Waals surface area contributed by atoms with Crippen molar-refractivity contribution in [1.82, 2.24) is 4.90 Å². The number of nitrogens with zero attached hydrogens (tertiary/aromatic N) is 1. The van der Waals surface area contributed by atoms with Gasteiger partial charge in [-0.3, -0.25) is 4.79 Å². The summed E-state index contributed by atoms with van der Waals surface area (Å²) in [5.74, 6) is 0.513. The van der Waals surface area contributed by atoms with Crippen LogP contribution in [0.5, 0.6) is 11.5 Å². The lowest BCUT2D eigenvalue weighted by Crippen LogP contribution is -2.42. The minimum atomic E-state index is -0.245. The van der Waals surface area contributed by atoms with Gasteiger partial charge < -0.3 is 19.8 Å². The zero-order valence-electron chi connectivity index (χ0n) is 13.5. The van der Waals surface area contributed by atoms with Crippen molar-refractivity contribution < 1.29 is 19.7 Å². The average Bonchev–Trinajstić information content (AvgIpc) is 2.59. The van der Waals surface area contributed by atoms with Crippen molar-refractivity contribution in [1.29, 1.82) is 0 Å². The van der Waals surface area contributed by atoms with E-state index in [2.05, 4.69) is 6.08 Å². The van der Waals surface area contributed by atoms with Crippen LogP contribution in [0.25, 0.3) is 0 Å². The highest BCUT2D eigenvalue weighted by Gasteiger charge is 2.31. The van der Waals surface area contributed by atoms with E-state index < -0.39 is 0 Å². The Bertz CT molecular complexity index is 726. The van der Waals surface area contributed by atoms with Gasteiger partial charge in [-0.05, 0) is 42.5 Å². The van der Waals surface area contributed by atoms with Crippen LogP contribution >= 0.6 is 11.6 Å².